The summed E-state index contributed by atoms with van der Waals surface area (Å²) in [6.07, 6.45) is 0. The number of non-ortho nitro benzene ring substituents is 1. The molecule has 1 amide bonds. The highest BCUT2D eigenvalue weighted by Gasteiger charge is 2.12. The molecule has 1 heterocycles. The van der Waals surface area contributed by atoms with Gasteiger partial charge in [-0.1, -0.05) is 17.4 Å². The molecule has 0 aliphatic rings. The van der Waals surface area contributed by atoms with E-state index in [1.54, 1.807) is 10.6 Å². The van der Waals surface area contributed by atoms with Crippen LogP contribution < -0.4 is 4.80 Å². The number of benzene rings is 2. The van der Waals surface area contributed by atoms with Crippen LogP contribution in [-0.4, -0.2) is 15.4 Å². The molecule has 2 aromatic carbocycles. The fourth-order valence-corrected chi connectivity index (χ4v) is 3.46. The molecule has 3 rings (SSSR count). The molecule has 1 aromatic heterocycles. The van der Waals surface area contributed by atoms with Gasteiger partial charge in [-0.25, -0.2) is 4.39 Å². The smallest absolute Gasteiger partial charge is 0.279 e. The maximum Gasteiger partial charge on any atom is 0.279 e. The molecule has 24 heavy (non-hydrogen) atoms. The first kappa shape index (κ1) is 16.0. The van der Waals surface area contributed by atoms with Gasteiger partial charge in [0.05, 0.1) is 15.1 Å². The Morgan fingerprint density at radius 2 is 2.12 bits per heavy atom. The Kier molecular flexibility index (Phi) is 4.22. The number of aromatic nitrogens is 1. The minimum Gasteiger partial charge on any atom is -0.317 e. The van der Waals surface area contributed by atoms with Gasteiger partial charge in [0.15, 0.2) is 4.80 Å². The van der Waals surface area contributed by atoms with Gasteiger partial charge >= 0.3 is 0 Å². The number of nitro groups is 1. The molecule has 0 radical (unpaired) electrons. The Bertz CT molecular complexity index is 1020. The molecule has 0 aliphatic carbocycles. The third-order valence-corrected chi connectivity index (χ3v) is 4.50. The Balaban J connectivity index is 2.11. The van der Waals surface area contributed by atoms with Gasteiger partial charge in [-0.3, -0.25) is 14.9 Å². The SMILES string of the molecule is CCn1c(=NC(=O)c2cccc([N+](=O)[O-])c2)sc2cc(F)ccc21. The van der Waals surface area contributed by atoms with Gasteiger partial charge in [0.25, 0.3) is 11.6 Å². The maximum atomic E-state index is 13.4. The highest BCUT2D eigenvalue weighted by atomic mass is 32.1. The van der Waals surface area contributed by atoms with Crippen molar-refractivity contribution in [2.45, 2.75) is 13.5 Å². The summed E-state index contributed by atoms with van der Waals surface area (Å²) in [7, 11) is 0. The lowest BCUT2D eigenvalue weighted by Crippen LogP contribution is -2.15. The Morgan fingerprint density at radius 1 is 1.33 bits per heavy atom. The van der Waals surface area contributed by atoms with Crippen LogP contribution in [0.3, 0.4) is 0 Å². The lowest BCUT2D eigenvalue weighted by Gasteiger charge is -2.00. The molecule has 0 bridgehead atoms. The molecule has 0 atom stereocenters. The van der Waals surface area contributed by atoms with E-state index >= 15 is 0 Å². The average Bonchev–Trinajstić information content (AvgIpc) is 2.90. The summed E-state index contributed by atoms with van der Waals surface area (Å²) in [6, 6.07) is 9.80. The number of nitro benzene ring substituents is 1. The molecular formula is C16H12FN3O3S. The number of fused-ring (bicyclic) bond motifs is 1. The van der Waals surface area contributed by atoms with Crippen molar-refractivity contribution in [3.63, 3.8) is 0 Å². The number of halogens is 1. The molecule has 122 valence electrons. The number of carbonyl (C=O) groups is 1. The zero-order valence-electron chi connectivity index (χ0n) is 12.6. The third-order valence-electron chi connectivity index (χ3n) is 3.46. The van der Waals surface area contributed by atoms with Crippen LogP contribution in [0, 0.1) is 15.9 Å². The van der Waals surface area contributed by atoms with Crippen molar-refractivity contribution in [3.8, 4) is 0 Å². The van der Waals surface area contributed by atoms with Crippen molar-refractivity contribution in [3.05, 3.63) is 68.8 Å². The Morgan fingerprint density at radius 3 is 2.83 bits per heavy atom. The molecule has 0 spiro atoms. The van der Waals surface area contributed by atoms with Gasteiger partial charge in [0, 0.05) is 24.2 Å². The van der Waals surface area contributed by atoms with Gasteiger partial charge in [-0.15, -0.1) is 0 Å². The second kappa shape index (κ2) is 6.32. The van der Waals surface area contributed by atoms with E-state index in [1.807, 2.05) is 6.92 Å². The van der Waals surface area contributed by atoms with Crippen LogP contribution in [0.5, 0.6) is 0 Å². The lowest BCUT2D eigenvalue weighted by atomic mass is 10.2. The molecule has 0 aliphatic heterocycles. The van der Waals surface area contributed by atoms with Crippen molar-refractivity contribution in [1.29, 1.82) is 0 Å². The van der Waals surface area contributed by atoms with E-state index < -0.39 is 10.8 Å². The second-order valence-electron chi connectivity index (χ2n) is 4.97. The summed E-state index contributed by atoms with van der Waals surface area (Å²) in [5.74, 6) is -0.934. The number of hydrogen-bond acceptors (Lipinski definition) is 4. The molecular weight excluding hydrogens is 333 g/mol. The number of carbonyl (C=O) groups excluding carboxylic acids is 1. The van der Waals surface area contributed by atoms with E-state index in [-0.39, 0.29) is 17.1 Å². The minimum atomic E-state index is -0.576. The normalized spacial score (nSPS) is 11.8. The molecule has 0 unspecified atom stereocenters. The number of amides is 1. The van der Waals surface area contributed by atoms with E-state index in [2.05, 4.69) is 4.99 Å². The summed E-state index contributed by atoms with van der Waals surface area (Å²) in [5.41, 5.74) is 0.753. The lowest BCUT2D eigenvalue weighted by molar-refractivity contribution is -0.384. The third kappa shape index (κ3) is 2.95. The standard InChI is InChI=1S/C16H12FN3O3S/c1-2-19-13-7-6-11(17)9-14(13)24-16(19)18-15(21)10-4-3-5-12(8-10)20(22)23/h3-9H,2H2,1H3. The van der Waals surface area contributed by atoms with Crippen molar-refractivity contribution in [2.24, 2.45) is 4.99 Å². The van der Waals surface area contributed by atoms with Gasteiger partial charge in [0.1, 0.15) is 5.82 Å². The van der Waals surface area contributed by atoms with Gasteiger partial charge in [-0.05, 0) is 31.2 Å². The summed E-state index contributed by atoms with van der Waals surface area (Å²) in [4.78, 5) is 27.1. The van der Waals surface area contributed by atoms with Crippen molar-refractivity contribution >= 4 is 33.1 Å². The molecule has 8 heteroatoms. The summed E-state index contributed by atoms with van der Waals surface area (Å²) < 4.78 is 15.8. The number of aryl methyl sites for hydroxylation is 1. The Hall–Kier alpha value is -2.87. The largest absolute Gasteiger partial charge is 0.317 e. The number of hydrogen-bond donors (Lipinski definition) is 0. The fourth-order valence-electron chi connectivity index (χ4n) is 2.34. The maximum absolute atomic E-state index is 13.4. The van der Waals surface area contributed by atoms with Gasteiger partial charge < -0.3 is 4.57 Å². The van der Waals surface area contributed by atoms with E-state index in [9.17, 15) is 19.3 Å². The fraction of sp³-hybridized carbons (Fsp3) is 0.125. The quantitative estimate of drug-likeness (QED) is 0.538. The molecule has 0 N–H and O–H groups in total. The Labute approximate surface area is 139 Å². The van der Waals surface area contributed by atoms with Crippen molar-refractivity contribution in [2.75, 3.05) is 0 Å². The number of thiazole rings is 1. The predicted molar refractivity (Wildman–Crippen MR) is 88.4 cm³/mol. The topological polar surface area (TPSA) is 77.5 Å². The van der Waals surface area contributed by atoms with Crippen LogP contribution in [-0.2, 0) is 6.54 Å². The predicted octanol–water partition coefficient (Wildman–Crippen LogP) is 3.51. The van der Waals surface area contributed by atoms with Crippen LogP contribution in [0.1, 0.15) is 17.3 Å². The van der Waals surface area contributed by atoms with Crippen LogP contribution >= 0.6 is 11.3 Å². The molecule has 0 fully saturated rings. The number of rotatable bonds is 3. The van der Waals surface area contributed by atoms with Crippen LogP contribution in [0.4, 0.5) is 10.1 Å². The minimum absolute atomic E-state index is 0.135. The molecule has 0 saturated heterocycles. The summed E-state index contributed by atoms with van der Waals surface area (Å²) >= 11 is 1.20. The van der Waals surface area contributed by atoms with E-state index in [0.29, 0.717) is 16.0 Å². The molecule has 0 saturated carbocycles. The van der Waals surface area contributed by atoms with E-state index in [4.69, 9.17) is 0 Å². The average molecular weight is 345 g/mol. The first-order valence-corrected chi connectivity index (χ1v) is 7.93. The van der Waals surface area contributed by atoms with Crippen LogP contribution in [0.15, 0.2) is 47.5 Å². The molecule has 3 aromatic rings. The van der Waals surface area contributed by atoms with E-state index in [0.717, 1.165) is 5.52 Å². The van der Waals surface area contributed by atoms with Crippen molar-refractivity contribution in [1.82, 2.24) is 4.57 Å². The van der Waals surface area contributed by atoms with Crippen molar-refractivity contribution < 1.29 is 14.1 Å². The first-order valence-electron chi connectivity index (χ1n) is 7.12. The van der Waals surface area contributed by atoms with Gasteiger partial charge in [-0.2, -0.15) is 4.99 Å². The van der Waals surface area contributed by atoms with Crippen LogP contribution in [0.25, 0.3) is 10.2 Å². The van der Waals surface area contributed by atoms with Crippen LogP contribution in [0.2, 0.25) is 0 Å². The zero-order chi connectivity index (χ0) is 17.3. The zero-order valence-corrected chi connectivity index (χ0v) is 13.4. The highest BCUT2D eigenvalue weighted by molar-refractivity contribution is 7.16. The second-order valence-corrected chi connectivity index (χ2v) is 5.97. The summed E-state index contributed by atoms with van der Waals surface area (Å²) in [6.45, 7) is 2.46. The van der Waals surface area contributed by atoms with Gasteiger partial charge in [0.2, 0.25) is 0 Å². The monoisotopic (exact) mass is 345 g/mol. The summed E-state index contributed by atoms with van der Waals surface area (Å²) in [5, 5.41) is 10.8. The number of nitrogens with zero attached hydrogens (tertiary/aromatic N) is 3. The molecule has 6 nitrogen and oxygen atoms in total. The first-order chi connectivity index (χ1) is 11.5. The highest BCUT2D eigenvalue weighted by Crippen LogP contribution is 2.19. The van der Waals surface area contributed by atoms with E-state index in [1.165, 1.54) is 47.7 Å².